The second-order valence-electron chi connectivity index (χ2n) is 5.06. The van der Waals surface area contributed by atoms with Gasteiger partial charge in [0, 0.05) is 7.05 Å². The highest BCUT2D eigenvalue weighted by Crippen LogP contribution is 2.22. The number of hydrogen-bond acceptors (Lipinski definition) is 5. The number of anilines is 1. The number of rotatable bonds is 7. The third-order valence-corrected chi connectivity index (χ3v) is 3.53. The number of thiocarbonyl (C=S) groups is 1. The lowest BCUT2D eigenvalue weighted by Crippen LogP contribution is -2.28. The molecule has 26 heavy (non-hydrogen) atoms. The highest BCUT2D eigenvalue weighted by atomic mass is 32.1. The van der Waals surface area contributed by atoms with Crippen LogP contribution in [0.5, 0.6) is 11.5 Å². The number of benzene rings is 2. The van der Waals surface area contributed by atoms with Crippen LogP contribution in [0.2, 0.25) is 0 Å². The van der Waals surface area contributed by atoms with Crippen molar-refractivity contribution in [2.75, 3.05) is 26.1 Å². The van der Waals surface area contributed by atoms with Crippen LogP contribution in [0.4, 0.5) is 5.69 Å². The van der Waals surface area contributed by atoms with Gasteiger partial charge < -0.3 is 20.1 Å². The van der Waals surface area contributed by atoms with Crippen molar-refractivity contribution in [2.45, 2.75) is 0 Å². The molecular weight excluding hydrogens is 352 g/mol. The van der Waals surface area contributed by atoms with E-state index >= 15 is 0 Å². The average molecular weight is 372 g/mol. The molecule has 8 heteroatoms. The fourth-order valence-electron chi connectivity index (χ4n) is 1.95. The van der Waals surface area contributed by atoms with Crippen LogP contribution >= 0.6 is 12.2 Å². The summed E-state index contributed by atoms with van der Waals surface area (Å²) in [5.41, 5.74) is 4.13. The molecule has 136 valence electrons. The number of nitrogens with zero attached hydrogens (tertiary/aromatic N) is 1. The Morgan fingerprint density at radius 3 is 2.62 bits per heavy atom. The first-order valence-corrected chi connectivity index (χ1v) is 8.19. The number of para-hydroxylation sites is 2. The Balaban J connectivity index is 1.83. The van der Waals surface area contributed by atoms with Gasteiger partial charge in [0.2, 0.25) is 0 Å². The first-order valence-electron chi connectivity index (χ1n) is 7.79. The summed E-state index contributed by atoms with van der Waals surface area (Å²) in [6.45, 7) is -0.108. The van der Waals surface area contributed by atoms with E-state index in [4.69, 9.17) is 21.7 Å². The summed E-state index contributed by atoms with van der Waals surface area (Å²) in [6.07, 6.45) is 1.63. The van der Waals surface area contributed by atoms with Gasteiger partial charge in [-0.25, -0.2) is 0 Å². The van der Waals surface area contributed by atoms with E-state index in [9.17, 15) is 4.79 Å². The summed E-state index contributed by atoms with van der Waals surface area (Å²) in [6, 6.07) is 14.3. The molecule has 0 radical (unpaired) electrons. The molecule has 0 saturated heterocycles. The molecule has 0 bridgehead atoms. The second kappa shape index (κ2) is 10.00. The van der Waals surface area contributed by atoms with Crippen LogP contribution in [0.3, 0.4) is 0 Å². The molecule has 7 nitrogen and oxygen atoms in total. The first kappa shape index (κ1) is 19.2. The summed E-state index contributed by atoms with van der Waals surface area (Å²) in [7, 11) is 3.26. The Hall–Kier alpha value is -3.13. The van der Waals surface area contributed by atoms with Crippen molar-refractivity contribution in [3.8, 4) is 11.5 Å². The summed E-state index contributed by atoms with van der Waals surface area (Å²) >= 11 is 4.91. The van der Waals surface area contributed by atoms with Crippen molar-refractivity contribution in [2.24, 2.45) is 5.10 Å². The van der Waals surface area contributed by atoms with Gasteiger partial charge in [0.15, 0.2) is 11.7 Å². The minimum atomic E-state index is -0.273. The monoisotopic (exact) mass is 372 g/mol. The first-order chi connectivity index (χ1) is 12.6. The summed E-state index contributed by atoms with van der Waals surface area (Å²) in [5, 5.41) is 9.92. The van der Waals surface area contributed by atoms with Crippen molar-refractivity contribution < 1.29 is 14.3 Å². The van der Waals surface area contributed by atoms with Crippen molar-refractivity contribution in [3.63, 3.8) is 0 Å². The smallest absolute Gasteiger partial charge is 0.262 e. The van der Waals surface area contributed by atoms with Gasteiger partial charge >= 0.3 is 0 Å². The molecule has 0 unspecified atom stereocenters. The summed E-state index contributed by atoms with van der Waals surface area (Å²) < 4.78 is 10.7. The quantitative estimate of drug-likeness (QED) is 0.392. The highest BCUT2D eigenvalue weighted by Gasteiger charge is 2.07. The van der Waals surface area contributed by atoms with Crippen LogP contribution in [0.1, 0.15) is 5.56 Å². The molecule has 2 rings (SSSR count). The topological polar surface area (TPSA) is 84.0 Å². The van der Waals surface area contributed by atoms with Gasteiger partial charge in [0.1, 0.15) is 11.5 Å². The average Bonchev–Trinajstić information content (AvgIpc) is 2.67. The Morgan fingerprint density at radius 1 is 1.19 bits per heavy atom. The van der Waals surface area contributed by atoms with Crippen LogP contribution in [-0.2, 0) is 4.79 Å². The molecule has 0 aliphatic rings. The van der Waals surface area contributed by atoms with Gasteiger partial charge in [-0.05, 0) is 54.2 Å². The largest absolute Gasteiger partial charge is 0.495 e. The van der Waals surface area contributed by atoms with Gasteiger partial charge in [-0.15, -0.1) is 0 Å². The van der Waals surface area contributed by atoms with Crippen molar-refractivity contribution in [1.29, 1.82) is 0 Å². The van der Waals surface area contributed by atoms with E-state index in [1.54, 1.807) is 44.6 Å². The molecule has 0 spiro atoms. The van der Waals surface area contributed by atoms with Crippen LogP contribution in [0.15, 0.2) is 53.6 Å². The number of hydrogen-bond donors (Lipinski definition) is 3. The zero-order chi connectivity index (χ0) is 18.8. The van der Waals surface area contributed by atoms with E-state index < -0.39 is 0 Å². The van der Waals surface area contributed by atoms with Gasteiger partial charge in [-0.1, -0.05) is 12.1 Å². The Kier molecular flexibility index (Phi) is 7.38. The minimum Gasteiger partial charge on any atom is -0.495 e. The van der Waals surface area contributed by atoms with E-state index in [-0.39, 0.29) is 12.5 Å². The Labute approximate surface area is 157 Å². The Bertz CT molecular complexity index is 778. The van der Waals surface area contributed by atoms with Crippen molar-refractivity contribution in [1.82, 2.24) is 10.7 Å². The van der Waals surface area contributed by atoms with E-state index in [0.29, 0.717) is 22.3 Å². The SMILES string of the molecule is CNC(=S)N/N=C\c1ccc(OCC(=O)Nc2ccccc2OC)cc1. The molecule has 3 N–H and O–H groups in total. The van der Waals surface area contributed by atoms with Crippen LogP contribution in [0, 0.1) is 0 Å². The highest BCUT2D eigenvalue weighted by molar-refractivity contribution is 7.80. The third-order valence-electron chi connectivity index (χ3n) is 3.24. The lowest BCUT2D eigenvalue weighted by atomic mass is 10.2. The fraction of sp³-hybridized carbons (Fsp3) is 0.167. The predicted octanol–water partition coefficient (Wildman–Crippen LogP) is 2.14. The molecule has 0 aliphatic heterocycles. The number of carbonyl (C=O) groups is 1. The zero-order valence-electron chi connectivity index (χ0n) is 14.5. The normalized spacial score (nSPS) is 10.2. The van der Waals surface area contributed by atoms with E-state index in [1.165, 1.54) is 0 Å². The molecule has 1 amide bonds. The maximum Gasteiger partial charge on any atom is 0.262 e. The van der Waals surface area contributed by atoms with Gasteiger partial charge in [0.25, 0.3) is 5.91 Å². The number of ether oxygens (including phenoxy) is 2. The van der Waals surface area contributed by atoms with E-state index in [1.807, 2.05) is 24.3 Å². The minimum absolute atomic E-state index is 0.108. The number of methoxy groups -OCH3 is 1. The van der Waals surface area contributed by atoms with Gasteiger partial charge in [-0.2, -0.15) is 5.10 Å². The molecule has 0 aliphatic carbocycles. The van der Waals surface area contributed by atoms with Gasteiger partial charge in [0.05, 0.1) is 19.0 Å². The van der Waals surface area contributed by atoms with E-state index in [2.05, 4.69) is 21.2 Å². The molecule has 0 heterocycles. The lowest BCUT2D eigenvalue weighted by molar-refractivity contribution is -0.118. The van der Waals surface area contributed by atoms with Crippen LogP contribution < -0.4 is 25.5 Å². The second-order valence-corrected chi connectivity index (χ2v) is 5.46. The number of hydrazone groups is 1. The molecule has 2 aromatic carbocycles. The van der Waals surface area contributed by atoms with Crippen molar-refractivity contribution in [3.05, 3.63) is 54.1 Å². The molecule has 0 atom stereocenters. The van der Waals surface area contributed by atoms with Crippen molar-refractivity contribution >= 4 is 35.1 Å². The van der Waals surface area contributed by atoms with Crippen LogP contribution in [-0.4, -0.2) is 38.0 Å². The molecular formula is C18H20N4O3S. The maximum atomic E-state index is 12.0. The number of carbonyl (C=O) groups excluding carboxylic acids is 1. The molecule has 2 aromatic rings. The van der Waals surface area contributed by atoms with Crippen LogP contribution in [0.25, 0.3) is 0 Å². The fourth-order valence-corrected chi connectivity index (χ4v) is 2.01. The third kappa shape index (κ3) is 6.06. The molecule has 0 saturated carbocycles. The lowest BCUT2D eigenvalue weighted by Gasteiger charge is -2.10. The maximum absolute atomic E-state index is 12.0. The van der Waals surface area contributed by atoms with E-state index in [0.717, 1.165) is 5.56 Å². The standard InChI is InChI=1S/C18H20N4O3S/c1-19-18(26)22-20-11-13-7-9-14(10-8-13)25-12-17(23)21-15-5-3-4-6-16(15)24-2/h3-11H,12H2,1-2H3,(H,21,23)(H2,19,22,26)/b20-11-. The number of nitrogens with one attached hydrogen (secondary N) is 3. The summed E-state index contributed by atoms with van der Waals surface area (Å²) in [5.74, 6) is 0.900. The molecule has 0 fully saturated rings. The number of amides is 1. The van der Waals surface area contributed by atoms with Gasteiger partial charge in [-0.3, -0.25) is 10.2 Å². The molecule has 0 aromatic heterocycles. The zero-order valence-corrected chi connectivity index (χ0v) is 15.3. The summed E-state index contributed by atoms with van der Waals surface area (Å²) in [4.78, 5) is 12.0. The Morgan fingerprint density at radius 2 is 1.92 bits per heavy atom. The predicted molar refractivity (Wildman–Crippen MR) is 106 cm³/mol.